The molecule has 0 amide bonds. The smallest absolute Gasteiger partial charge is 0.477 e. The van der Waals surface area contributed by atoms with Crippen molar-refractivity contribution in [3.63, 3.8) is 0 Å². The molecule has 0 spiro atoms. The second-order valence-corrected chi connectivity index (χ2v) is 12.4. The molecule has 1 N–H and O–H groups in total. The first-order valence-corrected chi connectivity index (χ1v) is 15.6. The highest BCUT2D eigenvalue weighted by molar-refractivity contribution is 6.21. The third-order valence-corrected chi connectivity index (χ3v) is 8.97. The molecule has 0 saturated carbocycles. The molecule has 0 bridgehead atoms. The number of likely N-dealkylation sites (tertiary alicyclic amines) is 1. The molecule has 0 radical (unpaired) electrons. The third-order valence-electron chi connectivity index (χ3n) is 8.89. The summed E-state index contributed by atoms with van der Waals surface area (Å²) < 4.78 is 51.2. The number of rotatable bonds is 8. The van der Waals surface area contributed by atoms with E-state index in [0.717, 1.165) is 67.1 Å². The van der Waals surface area contributed by atoms with Crippen molar-refractivity contribution in [1.82, 2.24) is 9.47 Å². The third kappa shape index (κ3) is 6.39. The Morgan fingerprint density at radius 1 is 0.913 bits per heavy atom. The lowest BCUT2D eigenvalue weighted by atomic mass is 10.1. The van der Waals surface area contributed by atoms with Crippen LogP contribution in [0.5, 0.6) is 5.75 Å². The van der Waals surface area contributed by atoms with Crippen molar-refractivity contribution in [2.24, 2.45) is 0 Å². The predicted molar refractivity (Wildman–Crippen MR) is 173 cm³/mol. The molecule has 2 aliphatic rings. The molecule has 2 saturated heterocycles. The number of carboxylic acids is 1. The number of piperazine rings is 1. The Balaban J connectivity index is 1.47. The van der Waals surface area contributed by atoms with Gasteiger partial charge in [0.1, 0.15) is 16.8 Å². The molecule has 0 unspecified atom stereocenters. The number of alkyl halides is 3. The van der Waals surface area contributed by atoms with Gasteiger partial charge in [-0.15, -0.1) is 8.78 Å². The lowest BCUT2D eigenvalue weighted by molar-refractivity contribution is -0.0955. The van der Waals surface area contributed by atoms with Gasteiger partial charge in [0.15, 0.2) is 11.6 Å². The summed E-state index contributed by atoms with van der Waals surface area (Å²) in [4.78, 5) is 31.5. The zero-order valence-electron chi connectivity index (χ0n) is 25.5. The van der Waals surface area contributed by atoms with Gasteiger partial charge >= 0.3 is 11.5 Å². The maximum absolute atomic E-state index is 16.0. The fraction of sp³-hybridized carbons (Fsp3) is 0.353. The Morgan fingerprint density at radius 2 is 1.54 bits per heavy atom. The first-order chi connectivity index (χ1) is 21.9. The van der Waals surface area contributed by atoms with Crippen molar-refractivity contribution in [3.8, 4) is 11.4 Å². The van der Waals surface area contributed by atoms with Gasteiger partial charge in [-0.1, -0.05) is 18.2 Å². The van der Waals surface area contributed by atoms with Gasteiger partial charge in [-0.25, -0.2) is 9.18 Å². The average molecular weight is 655 g/mol. The number of hydrogen-bond acceptors (Lipinski definition) is 6. The number of aromatic nitrogens is 1. The number of ether oxygens (including phenoxy) is 1. The summed E-state index contributed by atoms with van der Waals surface area (Å²) in [5.74, 6) is -3.19. The minimum atomic E-state index is -4.26. The Hall–Kier alpha value is -4.22. The molecule has 0 aliphatic carbocycles. The zero-order valence-corrected chi connectivity index (χ0v) is 26.3. The van der Waals surface area contributed by atoms with E-state index in [1.165, 1.54) is 4.57 Å². The molecule has 1 aromatic heterocycles. The molecular formula is C34H34ClF3N4O4. The molecule has 3 heterocycles. The van der Waals surface area contributed by atoms with Crippen molar-refractivity contribution in [2.45, 2.75) is 38.8 Å². The van der Waals surface area contributed by atoms with E-state index < -0.39 is 39.5 Å². The number of fused-ring (bicyclic) bond motifs is 1. The Morgan fingerprint density at radius 3 is 2.15 bits per heavy atom. The SMILES string of the molecule is Cc1ccc(N2CCN(c3c(F)cc4c(=O)c(C(=O)O)cn(-c5ccc(CN6CCCC6)cc5)c4c3OC(F)(F)Cl)CC2)cc1C. The van der Waals surface area contributed by atoms with Crippen LogP contribution < -0.4 is 20.0 Å². The molecular weight excluding hydrogens is 621 g/mol. The number of halogens is 4. The number of anilines is 2. The van der Waals surface area contributed by atoms with Gasteiger partial charge < -0.3 is 24.2 Å². The Bertz CT molecular complexity index is 1850. The highest BCUT2D eigenvalue weighted by Crippen LogP contribution is 2.43. The number of benzene rings is 3. The molecule has 3 aromatic carbocycles. The summed E-state index contributed by atoms with van der Waals surface area (Å²) >= 11 is 5.29. The molecule has 2 aliphatic heterocycles. The Labute approximate surface area is 269 Å². The van der Waals surface area contributed by atoms with Crippen molar-refractivity contribution in [1.29, 1.82) is 0 Å². The van der Waals surface area contributed by atoms with Gasteiger partial charge in [-0.2, -0.15) is 0 Å². The van der Waals surface area contributed by atoms with Crippen LogP contribution in [0.25, 0.3) is 16.6 Å². The minimum Gasteiger partial charge on any atom is -0.477 e. The van der Waals surface area contributed by atoms with Gasteiger partial charge in [-0.05, 0) is 86.8 Å². The number of nitrogens with zero attached hydrogens (tertiary/aromatic N) is 4. The topological polar surface area (TPSA) is 78.2 Å². The number of hydrogen-bond donors (Lipinski definition) is 1. The van der Waals surface area contributed by atoms with Gasteiger partial charge in [-0.3, -0.25) is 9.69 Å². The van der Waals surface area contributed by atoms with Crippen LogP contribution in [0.3, 0.4) is 0 Å². The highest BCUT2D eigenvalue weighted by Gasteiger charge is 2.35. The molecule has 242 valence electrons. The average Bonchev–Trinajstić information content (AvgIpc) is 3.52. The molecule has 2 fully saturated rings. The molecule has 6 rings (SSSR count). The summed E-state index contributed by atoms with van der Waals surface area (Å²) in [5, 5.41) is 9.41. The zero-order chi connectivity index (χ0) is 32.7. The van der Waals surface area contributed by atoms with Crippen molar-refractivity contribution < 1.29 is 27.8 Å². The Kier molecular flexibility index (Phi) is 8.64. The van der Waals surface area contributed by atoms with E-state index in [9.17, 15) is 23.5 Å². The monoisotopic (exact) mass is 654 g/mol. The van der Waals surface area contributed by atoms with Crippen molar-refractivity contribution >= 4 is 39.8 Å². The van der Waals surface area contributed by atoms with E-state index in [0.29, 0.717) is 18.8 Å². The number of carbonyl (C=O) groups is 1. The summed E-state index contributed by atoms with van der Waals surface area (Å²) in [7, 11) is 0. The molecule has 46 heavy (non-hydrogen) atoms. The van der Waals surface area contributed by atoms with Crippen LogP contribution in [0, 0.1) is 19.7 Å². The van der Waals surface area contributed by atoms with E-state index in [1.807, 2.05) is 38.1 Å². The van der Waals surface area contributed by atoms with E-state index in [1.54, 1.807) is 17.0 Å². The number of carboxylic acid groups (broad SMARTS) is 1. The summed E-state index contributed by atoms with van der Waals surface area (Å²) in [6, 6.07) is 14.1. The quantitative estimate of drug-likeness (QED) is 0.216. The van der Waals surface area contributed by atoms with Crippen LogP contribution in [-0.2, 0) is 6.54 Å². The van der Waals surface area contributed by atoms with Crippen LogP contribution in [-0.4, -0.2) is 65.4 Å². The standard InChI is InChI=1S/C34H34ClF3N4O4/c1-21-5-8-25(17-22(21)2)40-13-15-41(16-14-40)30-28(36)18-26-29(32(30)46-34(35,37)38)42(20-27(31(26)43)33(44)45)24-9-6-23(7-10-24)19-39-11-3-4-12-39/h5-10,17-18,20H,3-4,11-16,19H2,1-2H3,(H,44,45). The summed E-state index contributed by atoms with van der Waals surface area (Å²) in [5.41, 5.74) is -1.78. The van der Waals surface area contributed by atoms with E-state index >= 15 is 4.39 Å². The number of aryl methyl sites for hydroxylation is 2. The normalized spacial score (nSPS) is 16.0. The predicted octanol–water partition coefficient (Wildman–Crippen LogP) is 6.54. The van der Waals surface area contributed by atoms with Crippen LogP contribution in [0.2, 0.25) is 0 Å². The number of aromatic carboxylic acids is 1. The largest absolute Gasteiger partial charge is 0.487 e. The van der Waals surface area contributed by atoms with E-state index in [-0.39, 0.29) is 24.3 Å². The first kappa shape index (κ1) is 31.7. The summed E-state index contributed by atoms with van der Waals surface area (Å²) in [6.45, 7) is 8.18. The fourth-order valence-electron chi connectivity index (χ4n) is 6.35. The fourth-order valence-corrected chi connectivity index (χ4v) is 6.43. The molecule has 4 aromatic rings. The van der Waals surface area contributed by atoms with Gasteiger partial charge in [0.25, 0.3) is 0 Å². The lowest BCUT2D eigenvalue weighted by Crippen LogP contribution is -2.47. The van der Waals surface area contributed by atoms with E-state index in [4.69, 9.17) is 16.3 Å². The molecule has 0 atom stereocenters. The first-order valence-electron chi connectivity index (χ1n) is 15.2. The van der Waals surface area contributed by atoms with Crippen LogP contribution >= 0.6 is 11.6 Å². The van der Waals surface area contributed by atoms with Gasteiger partial charge in [0, 0.05) is 61.9 Å². The van der Waals surface area contributed by atoms with Crippen LogP contribution in [0.4, 0.5) is 24.5 Å². The molecule has 12 heteroatoms. The number of pyridine rings is 1. The minimum absolute atomic E-state index is 0.212. The van der Waals surface area contributed by atoms with Crippen LogP contribution in [0.1, 0.15) is 39.9 Å². The molecule has 8 nitrogen and oxygen atoms in total. The highest BCUT2D eigenvalue weighted by atomic mass is 35.5. The lowest BCUT2D eigenvalue weighted by Gasteiger charge is -2.38. The maximum atomic E-state index is 16.0. The van der Waals surface area contributed by atoms with Crippen molar-refractivity contribution in [3.05, 3.63) is 93.0 Å². The summed E-state index contributed by atoms with van der Waals surface area (Å²) in [6.07, 6.45) is 3.32. The van der Waals surface area contributed by atoms with Gasteiger partial charge in [0.05, 0.1) is 5.39 Å². The van der Waals surface area contributed by atoms with Crippen LogP contribution in [0.15, 0.2) is 59.5 Å². The maximum Gasteiger partial charge on any atom is 0.487 e. The van der Waals surface area contributed by atoms with E-state index in [2.05, 4.69) is 15.9 Å². The van der Waals surface area contributed by atoms with Gasteiger partial charge in [0.2, 0.25) is 5.43 Å². The second kappa shape index (κ2) is 12.5. The second-order valence-electron chi connectivity index (χ2n) is 11.9. The van der Waals surface area contributed by atoms with Crippen molar-refractivity contribution in [2.75, 3.05) is 49.1 Å².